The first kappa shape index (κ1) is 21.0. The molecule has 2 amide bonds. The quantitative estimate of drug-likeness (QED) is 0.849. The molecule has 5 nitrogen and oxygen atoms in total. The minimum Gasteiger partial charge on any atom is -0.335 e. The van der Waals surface area contributed by atoms with Gasteiger partial charge in [-0.05, 0) is 37.5 Å². The van der Waals surface area contributed by atoms with Gasteiger partial charge in [0.05, 0.1) is 12.5 Å². The number of nitrogens with two attached hydrogens (primary N) is 1. The normalized spacial score (nSPS) is 26.4. The summed E-state index contributed by atoms with van der Waals surface area (Å²) in [5.74, 6) is -0.150. The zero-order valence-corrected chi connectivity index (χ0v) is 16.7. The molecule has 0 aromatic heterocycles. The Morgan fingerprint density at radius 1 is 1.35 bits per heavy atom. The zero-order chi connectivity index (χ0) is 18.0. The molecule has 0 spiro atoms. The second kappa shape index (κ2) is 8.59. The average molecular weight is 400 g/mol. The lowest BCUT2D eigenvalue weighted by molar-refractivity contribution is -0.150. The van der Waals surface area contributed by atoms with E-state index in [-0.39, 0.29) is 36.7 Å². The molecule has 2 fully saturated rings. The Bertz CT molecular complexity index is 666. The molecule has 1 heterocycles. The maximum absolute atomic E-state index is 12.9. The Morgan fingerprint density at radius 3 is 2.77 bits per heavy atom. The highest BCUT2D eigenvalue weighted by atomic mass is 35.5. The standard InChI is InChI=1S/C19H26ClN3O2.ClH/c1-19(21)8-3-2-7-16(19)18(25)23-10-9-22(17(24)13-23)12-14-5-4-6-15(20)11-14;/h4-6,11,16H,2-3,7-10,12-13,21H2,1H3;1H. The topological polar surface area (TPSA) is 66.6 Å². The van der Waals surface area contributed by atoms with Gasteiger partial charge in [0.1, 0.15) is 0 Å². The van der Waals surface area contributed by atoms with Crippen molar-refractivity contribution in [2.75, 3.05) is 19.6 Å². The highest BCUT2D eigenvalue weighted by molar-refractivity contribution is 6.30. The molecule has 1 saturated carbocycles. The number of rotatable bonds is 3. The summed E-state index contributed by atoms with van der Waals surface area (Å²) in [4.78, 5) is 28.9. The first-order valence-corrected chi connectivity index (χ1v) is 9.34. The fourth-order valence-electron chi connectivity index (χ4n) is 3.90. The van der Waals surface area contributed by atoms with Gasteiger partial charge in [-0.2, -0.15) is 0 Å². The summed E-state index contributed by atoms with van der Waals surface area (Å²) >= 11 is 6.01. The van der Waals surface area contributed by atoms with Crippen molar-refractivity contribution in [1.82, 2.24) is 9.80 Å². The monoisotopic (exact) mass is 399 g/mol. The zero-order valence-electron chi connectivity index (χ0n) is 15.1. The van der Waals surface area contributed by atoms with Crippen LogP contribution in [0.1, 0.15) is 38.2 Å². The predicted octanol–water partition coefficient (Wildman–Crippen LogP) is 2.84. The van der Waals surface area contributed by atoms with Crippen molar-refractivity contribution < 1.29 is 9.59 Å². The average Bonchev–Trinajstić information content (AvgIpc) is 2.56. The van der Waals surface area contributed by atoms with Crippen molar-refractivity contribution in [3.63, 3.8) is 0 Å². The molecular formula is C19H27Cl2N3O2. The number of halogens is 2. The molecule has 1 aliphatic carbocycles. The van der Waals surface area contributed by atoms with Crippen LogP contribution in [0, 0.1) is 5.92 Å². The molecule has 7 heteroatoms. The largest absolute Gasteiger partial charge is 0.335 e. The second-order valence-electron chi connectivity index (χ2n) is 7.51. The summed E-state index contributed by atoms with van der Waals surface area (Å²) in [6.07, 6.45) is 3.80. The van der Waals surface area contributed by atoms with Crippen molar-refractivity contribution in [3.05, 3.63) is 34.9 Å². The molecule has 1 saturated heterocycles. The number of carbonyl (C=O) groups excluding carboxylic acids is 2. The lowest BCUT2D eigenvalue weighted by Crippen LogP contribution is -2.58. The Kier molecular flexibility index (Phi) is 6.94. The number of benzene rings is 1. The van der Waals surface area contributed by atoms with Crippen LogP contribution in [0.3, 0.4) is 0 Å². The molecule has 0 bridgehead atoms. The van der Waals surface area contributed by atoms with Crippen LogP contribution in [0.15, 0.2) is 24.3 Å². The van der Waals surface area contributed by atoms with Crippen LogP contribution in [-0.4, -0.2) is 46.8 Å². The molecule has 2 aliphatic rings. The molecule has 0 radical (unpaired) electrons. The molecule has 1 aliphatic heterocycles. The number of hydrogen-bond donors (Lipinski definition) is 1. The van der Waals surface area contributed by atoms with E-state index < -0.39 is 5.54 Å². The van der Waals surface area contributed by atoms with Crippen LogP contribution in [0.5, 0.6) is 0 Å². The second-order valence-corrected chi connectivity index (χ2v) is 7.95. The van der Waals surface area contributed by atoms with Gasteiger partial charge in [-0.1, -0.05) is 36.6 Å². The highest BCUT2D eigenvalue weighted by Crippen LogP contribution is 2.33. The van der Waals surface area contributed by atoms with Crippen molar-refractivity contribution >= 4 is 35.8 Å². The van der Waals surface area contributed by atoms with E-state index in [0.29, 0.717) is 24.7 Å². The van der Waals surface area contributed by atoms with Crippen molar-refractivity contribution in [1.29, 1.82) is 0 Å². The Labute approximate surface area is 166 Å². The van der Waals surface area contributed by atoms with Gasteiger partial charge in [-0.15, -0.1) is 12.4 Å². The van der Waals surface area contributed by atoms with Gasteiger partial charge in [0.15, 0.2) is 0 Å². The van der Waals surface area contributed by atoms with Crippen molar-refractivity contribution in [2.45, 2.75) is 44.7 Å². The molecule has 1 aromatic carbocycles. The van der Waals surface area contributed by atoms with E-state index in [9.17, 15) is 9.59 Å². The van der Waals surface area contributed by atoms with E-state index in [2.05, 4.69) is 0 Å². The maximum Gasteiger partial charge on any atom is 0.242 e. The number of carbonyl (C=O) groups is 2. The lowest BCUT2D eigenvalue weighted by atomic mass is 9.74. The van der Waals surface area contributed by atoms with Crippen molar-refractivity contribution in [3.8, 4) is 0 Å². The first-order chi connectivity index (χ1) is 11.9. The smallest absolute Gasteiger partial charge is 0.242 e. The van der Waals surface area contributed by atoms with Crippen LogP contribution in [-0.2, 0) is 16.1 Å². The summed E-state index contributed by atoms with van der Waals surface area (Å²) in [6, 6.07) is 7.53. The van der Waals surface area contributed by atoms with Gasteiger partial charge in [-0.25, -0.2) is 0 Å². The summed E-state index contributed by atoms with van der Waals surface area (Å²) in [5, 5.41) is 0.665. The van der Waals surface area contributed by atoms with Crippen LogP contribution in [0.25, 0.3) is 0 Å². The third kappa shape index (κ3) is 4.70. The SMILES string of the molecule is CC1(N)CCCCC1C(=O)N1CCN(Cc2cccc(Cl)c2)C(=O)C1.Cl. The minimum absolute atomic E-state index is 0. The number of hydrogen-bond acceptors (Lipinski definition) is 3. The van der Waals surface area contributed by atoms with Crippen LogP contribution in [0.4, 0.5) is 0 Å². The third-order valence-corrected chi connectivity index (χ3v) is 5.68. The molecule has 3 rings (SSSR count). The third-order valence-electron chi connectivity index (χ3n) is 5.45. The molecule has 144 valence electrons. The van der Waals surface area contributed by atoms with E-state index in [1.54, 1.807) is 9.80 Å². The van der Waals surface area contributed by atoms with Gasteiger partial charge >= 0.3 is 0 Å². The number of piperazine rings is 1. The first-order valence-electron chi connectivity index (χ1n) is 8.97. The highest BCUT2D eigenvalue weighted by Gasteiger charge is 2.41. The molecule has 2 atom stereocenters. The summed E-state index contributed by atoms with van der Waals surface area (Å²) in [5.41, 5.74) is 6.89. The summed E-state index contributed by atoms with van der Waals surface area (Å²) in [6.45, 7) is 3.75. The van der Waals surface area contributed by atoms with Gasteiger partial charge in [-0.3, -0.25) is 9.59 Å². The maximum atomic E-state index is 12.9. The Hall–Kier alpha value is -1.30. The van der Waals surface area contributed by atoms with Gasteiger partial charge in [0.2, 0.25) is 11.8 Å². The van der Waals surface area contributed by atoms with Gasteiger partial charge in [0, 0.05) is 30.2 Å². The van der Waals surface area contributed by atoms with Gasteiger partial charge < -0.3 is 15.5 Å². The summed E-state index contributed by atoms with van der Waals surface area (Å²) < 4.78 is 0. The van der Waals surface area contributed by atoms with E-state index in [4.69, 9.17) is 17.3 Å². The van der Waals surface area contributed by atoms with E-state index in [0.717, 1.165) is 31.2 Å². The number of nitrogens with zero attached hydrogens (tertiary/aromatic N) is 2. The molecular weight excluding hydrogens is 373 g/mol. The van der Waals surface area contributed by atoms with Gasteiger partial charge in [0.25, 0.3) is 0 Å². The van der Waals surface area contributed by atoms with E-state index in [1.165, 1.54) is 0 Å². The molecule has 1 aromatic rings. The van der Waals surface area contributed by atoms with Crippen LogP contribution in [0.2, 0.25) is 5.02 Å². The van der Waals surface area contributed by atoms with E-state index in [1.807, 2.05) is 31.2 Å². The molecule has 26 heavy (non-hydrogen) atoms. The van der Waals surface area contributed by atoms with Crippen LogP contribution < -0.4 is 5.73 Å². The fourth-order valence-corrected chi connectivity index (χ4v) is 4.12. The van der Waals surface area contributed by atoms with Crippen molar-refractivity contribution in [2.24, 2.45) is 11.7 Å². The Morgan fingerprint density at radius 2 is 2.12 bits per heavy atom. The van der Waals surface area contributed by atoms with Crippen LogP contribution >= 0.6 is 24.0 Å². The van der Waals surface area contributed by atoms with E-state index >= 15 is 0 Å². The predicted molar refractivity (Wildman–Crippen MR) is 105 cm³/mol. The number of amides is 2. The fraction of sp³-hybridized carbons (Fsp3) is 0.579. The minimum atomic E-state index is -0.462. The lowest BCUT2D eigenvalue weighted by Gasteiger charge is -2.42. The molecule has 2 N–H and O–H groups in total. The Balaban J connectivity index is 0.00000243. The summed E-state index contributed by atoms with van der Waals surface area (Å²) in [7, 11) is 0. The molecule has 2 unspecified atom stereocenters.